The summed E-state index contributed by atoms with van der Waals surface area (Å²) >= 11 is 3.53. The van der Waals surface area contributed by atoms with Crippen LogP contribution >= 0.6 is 15.9 Å². The van der Waals surface area contributed by atoms with Crippen molar-refractivity contribution in [1.82, 2.24) is 9.97 Å². The lowest BCUT2D eigenvalue weighted by Gasteiger charge is -2.19. The van der Waals surface area contributed by atoms with Gasteiger partial charge in [0.05, 0.1) is 0 Å². The fourth-order valence-electron chi connectivity index (χ4n) is 2.40. The van der Waals surface area contributed by atoms with Crippen LogP contribution in [-0.4, -0.2) is 23.1 Å². The van der Waals surface area contributed by atoms with Crippen LogP contribution in [-0.2, 0) is 0 Å². The number of rotatable bonds is 3. The number of halogens is 1. The zero-order valence-corrected chi connectivity index (χ0v) is 12.1. The third-order valence-corrected chi connectivity index (χ3v) is 4.09. The standard InChI is InChI=1S/C12H19BrN4/c1-12(2)5-4-8(6-12)17-11-9(13)10(14-3)15-7-16-11/h7-8H,4-6H2,1-3H3,(H2,14,15,16,17). The van der Waals surface area contributed by atoms with Crippen LogP contribution in [0.4, 0.5) is 11.6 Å². The van der Waals surface area contributed by atoms with Crippen LogP contribution in [0.5, 0.6) is 0 Å². The minimum atomic E-state index is 0.447. The van der Waals surface area contributed by atoms with Crippen LogP contribution < -0.4 is 10.6 Å². The molecule has 0 amide bonds. The summed E-state index contributed by atoms with van der Waals surface area (Å²) in [6.07, 6.45) is 5.25. The van der Waals surface area contributed by atoms with E-state index in [-0.39, 0.29) is 0 Å². The average Bonchev–Trinajstić information content (AvgIpc) is 2.61. The summed E-state index contributed by atoms with van der Waals surface area (Å²) in [6.45, 7) is 4.64. The second kappa shape index (κ2) is 4.80. The Balaban J connectivity index is 2.09. The van der Waals surface area contributed by atoms with Crippen LogP contribution in [0.3, 0.4) is 0 Å². The van der Waals surface area contributed by atoms with Gasteiger partial charge in [-0.25, -0.2) is 9.97 Å². The highest BCUT2D eigenvalue weighted by Gasteiger charge is 2.31. The molecular weight excluding hydrogens is 280 g/mol. The third kappa shape index (κ3) is 2.89. The van der Waals surface area contributed by atoms with Gasteiger partial charge in [0.2, 0.25) is 0 Å². The summed E-state index contributed by atoms with van der Waals surface area (Å²) < 4.78 is 0.909. The molecule has 0 aliphatic heterocycles. The van der Waals surface area contributed by atoms with Gasteiger partial charge >= 0.3 is 0 Å². The lowest BCUT2D eigenvalue weighted by molar-refractivity contribution is 0.378. The first-order valence-corrected chi connectivity index (χ1v) is 6.76. The minimum Gasteiger partial charge on any atom is -0.372 e. The van der Waals surface area contributed by atoms with Gasteiger partial charge in [0.1, 0.15) is 22.4 Å². The molecule has 1 atom stereocenters. The minimum absolute atomic E-state index is 0.447. The second-order valence-electron chi connectivity index (χ2n) is 5.38. The van der Waals surface area contributed by atoms with E-state index >= 15 is 0 Å². The Morgan fingerprint density at radius 1 is 1.35 bits per heavy atom. The number of anilines is 2. The third-order valence-electron chi connectivity index (χ3n) is 3.34. The summed E-state index contributed by atoms with van der Waals surface area (Å²) in [5, 5.41) is 6.54. The number of hydrogen-bond acceptors (Lipinski definition) is 4. The molecule has 94 valence electrons. The lowest BCUT2D eigenvalue weighted by atomic mass is 9.92. The first-order chi connectivity index (χ1) is 8.02. The molecule has 1 aromatic rings. The van der Waals surface area contributed by atoms with E-state index in [1.54, 1.807) is 6.33 Å². The molecule has 0 saturated heterocycles. The molecule has 1 saturated carbocycles. The van der Waals surface area contributed by atoms with E-state index < -0.39 is 0 Å². The average molecular weight is 299 g/mol. The Labute approximate surface area is 111 Å². The number of hydrogen-bond donors (Lipinski definition) is 2. The maximum Gasteiger partial charge on any atom is 0.146 e. The Hall–Kier alpha value is -0.840. The Morgan fingerprint density at radius 2 is 2.06 bits per heavy atom. The molecule has 0 bridgehead atoms. The van der Waals surface area contributed by atoms with Gasteiger partial charge in [0, 0.05) is 13.1 Å². The topological polar surface area (TPSA) is 49.8 Å². The summed E-state index contributed by atoms with van der Waals surface area (Å²) in [7, 11) is 1.86. The first kappa shape index (κ1) is 12.6. The molecule has 1 fully saturated rings. The second-order valence-corrected chi connectivity index (χ2v) is 6.18. The molecule has 0 radical (unpaired) electrons. The molecule has 1 aliphatic rings. The SMILES string of the molecule is CNc1ncnc(NC2CCC(C)(C)C2)c1Br. The Kier molecular flexibility index (Phi) is 3.56. The van der Waals surface area contributed by atoms with Crippen LogP contribution in [0.2, 0.25) is 0 Å². The van der Waals surface area contributed by atoms with Crippen LogP contribution in [0, 0.1) is 5.41 Å². The quantitative estimate of drug-likeness (QED) is 0.899. The van der Waals surface area contributed by atoms with E-state index in [2.05, 4.69) is 50.4 Å². The number of nitrogens with one attached hydrogen (secondary N) is 2. The summed E-state index contributed by atoms with van der Waals surface area (Å²) in [5.74, 6) is 1.70. The lowest BCUT2D eigenvalue weighted by Crippen LogP contribution is -2.19. The summed E-state index contributed by atoms with van der Waals surface area (Å²) in [5.41, 5.74) is 0.447. The molecular formula is C12H19BrN4. The van der Waals surface area contributed by atoms with Crippen LogP contribution in [0.25, 0.3) is 0 Å². The van der Waals surface area contributed by atoms with Crippen molar-refractivity contribution in [1.29, 1.82) is 0 Å². The van der Waals surface area contributed by atoms with Crippen molar-refractivity contribution in [2.75, 3.05) is 17.7 Å². The monoisotopic (exact) mass is 298 g/mol. The van der Waals surface area contributed by atoms with E-state index in [4.69, 9.17) is 0 Å². The van der Waals surface area contributed by atoms with E-state index in [1.807, 2.05) is 7.05 Å². The van der Waals surface area contributed by atoms with Gasteiger partial charge in [-0.2, -0.15) is 0 Å². The predicted octanol–water partition coefficient (Wildman–Crippen LogP) is 3.27. The van der Waals surface area contributed by atoms with Gasteiger partial charge in [-0.05, 0) is 40.6 Å². The smallest absolute Gasteiger partial charge is 0.146 e. The highest BCUT2D eigenvalue weighted by molar-refractivity contribution is 9.10. The molecule has 1 unspecified atom stereocenters. The van der Waals surface area contributed by atoms with Gasteiger partial charge < -0.3 is 10.6 Å². The maximum absolute atomic E-state index is 4.29. The maximum atomic E-state index is 4.29. The molecule has 17 heavy (non-hydrogen) atoms. The Morgan fingerprint density at radius 3 is 2.65 bits per heavy atom. The normalized spacial score (nSPS) is 22.5. The number of aromatic nitrogens is 2. The summed E-state index contributed by atoms with van der Waals surface area (Å²) in [6, 6.07) is 0.515. The molecule has 1 aromatic heterocycles. The van der Waals surface area contributed by atoms with Crippen molar-refractivity contribution in [2.24, 2.45) is 5.41 Å². The van der Waals surface area contributed by atoms with Gasteiger partial charge in [0.25, 0.3) is 0 Å². The van der Waals surface area contributed by atoms with Gasteiger partial charge in [-0.3, -0.25) is 0 Å². The highest BCUT2D eigenvalue weighted by Crippen LogP contribution is 2.39. The van der Waals surface area contributed by atoms with Crippen LogP contribution in [0.15, 0.2) is 10.8 Å². The number of nitrogens with zero attached hydrogens (tertiary/aromatic N) is 2. The molecule has 2 rings (SSSR count). The molecule has 1 aliphatic carbocycles. The highest BCUT2D eigenvalue weighted by atomic mass is 79.9. The van der Waals surface area contributed by atoms with Gasteiger partial charge in [-0.15, -0.1) is 0 Å². The fourth-order valence-corrected chi connectivity index (χ4v) is 2.91. The van der Waals surface area contributed by atoms with Crippen molar-refractivity contribution in [3.63, 3.8) is 0 Å². The molecule has 4 nitrogen and oxygen atoms in total. The first-order valence-electron chi connectivity index (χ1n) is 5.96. The molecule has 0 aromatic carbocycles. The zero-order valence-electron chi connectivity index (χ0n) is 10.5. The van der Waals surface area contributed by atoms with E-state index in [9.17, 15) is 0 Å². The van der Waals surface area contributed by atoms with Crippen molar-refractivity contribution in [2.45, 2.75) is 39.2 Å². The van der Waals surface area contributed by atoms with Crippen LogP contribution in [0.1, 0.15) is 33.1 Å². The van der Waals surface area contributed by atoms with Crippen molar-refractivity contribution >= 4 is 27.6 Å². The zero-order chi connectivity index (χ0) is 12.5. The Bertz CT molecular complexity index is 405. The van der Waals surface area contributed by atoms with E-state index in [0.29, 0.717) is 11.5 Å². The largest absolute Gasteiger partial charge is 0.372 e. The van der Waals surface area contributed by atoms with Crippen molar-refractivity contribution in [3.8, 4) is 0 Å². The predicted molar refractivity (Wildman–Crippen MR) is 74.3 cm³/mol. The molecule has 5 heteroatoms. The van der Waals surface area contributed by atoms with Gasteiger partial charge in [-0.1, -0.05) is 13.8 Å². The molecule has 2 N–H and O–H groups in total. The van der Waals surface area contributed by atoms with Crippen molar-refractivity contribution in [3.05, 3.63) is 10.8 Å². The molecule has 1 heterocycles. The summed E-state index contributed by atoms with van der Waals surface area (Å²) in [4.78, 5) is 8.44. The molecule has 0 spiro atoms. The van der Waals surface area contributed by atoms with Gasteiger partial charge in [0.15, 0.2) is 0 Å². The fraction of sp³-hybridized carbons (Fsp3) is 0.667. The van der Waals surface area contributed by atoms with Crippen molar-refractivity contribution < 1.29 is 0 Å². The van der Waals surface area contributed by atoms with E-state index in [1.165, 1.54) is 19.3 Å². The van der Waals surface area contributed by atoms with E-state index in [0.717, 1.165) is 16.1 Å².